The predicted octanol–water partition coefficient (Wildman–Crippen LogP) is 2.85. The van der Waals surface area contributed by atoms with Gasteiger partial charge in [0.1, 0.15) is 41.1 Å². The first-order valence-corrected chi connectivity index (χ1v) is 9.07. The van der Waals surface area contributed by atoms with Gasteiger partial charge in [0.25, 0.3) is 0 Å². The van der Waals surface area contributed by atoms with Gasteiger partial charge in [0, 0.05) is 30.3 Å². The van der Waals surface area contributed by atoms with Crippen molar-refractivity contribution in [3.8, 4) is 11.3 Å². The lowest BCUT2D eigenvalue weighted by molar-refractivity contribution is -0.0350. The monoisotopic (exact) mass is 387 g/mol. The Morgan fingerprint density at radius 3 is 2.86 bits per heavy atom. The first kappa shape index (κ1) is 17.5. The van der Waals surface area contributed by atoms with Crippen LogP contribution in [0.3, 0.4) is 0 Å². The Morgan fingerprint density at radius 2 is 2.11 bits per heavy atom. The number of nitrogens with zero attached hydrogens (tertiary/aromatic N) is 4. The summed E-state index contributed by atoms with van der Waals surface area (Å²) in [5, 5.41) is 10.5. The number of aryl methyl sites for hydroxylation is 2. The third-order valence-electron chi connectivity index (χ3n) is 5.26. The highest BCUT2D eigenvalue weighted by molar-refractivity contribution is 5.62. The molecule has 1 saturated heterocycles. The molecule has 9 heteroatoms. The molecule has 1 N–H and O–H groups in total. The van der Waals surface area contributed by atoms with Gasteiger partial charge < -0.3 is 9.15 Å². The van der Waals surface area contributed by atoms with Gasteiger partial charge in [-0.15, -0.1) is 5.10 Å². The van der Waals surface area contributed by atoms with E-state index in [1.54, 1.807) is 4.68 Å². The van der Waals surface area contributed by atoms with Gasteiger partial charge in [0.15, 0.2) is 0 Å². The van der Waals surface area contributed by atoms with Crippen LogP contribution in [0.4, 0.5) is 8.78 Å². The molecule has 1 aromatic carbocycles. The molecule has 0 amide bonds. The number of furan rings is 1. The maximum Gasteiger partial charge on any atom is 0.145 e. The molecule has 7 nitrogen and oxygen atoms in total. The molecular weight excluding hydrogens is 368 g/mol. The van der Waals surface area contributed by atoms with Crippen LogP contribution in [0.5, 0.6) is 0 Å². The normalized spacial score (nSPS) is 21.7. The summed E-state index contributed by atoms with van der Waals surface area (Å²) in [5.41, 5.74) is 5.74. The number of benzene rings is 1. The van der Waals surface area contributed by atoms with Crippen molar-refractivity contribution < 1.29 is 17.9 Å². The van der Waals surface area contributed by atoms with Gasteiger partial charge in [-0.2, -0.15) is 0 Å². The number of aromatic nitrogens is 3. The number of nitrogens with one attached hydrogen (secondary N) is 1. The summed E-state index contributed by atoms with van der Waals surface area (Å²) in [5.74, 6) is 0.483. The van der Waals surface area contributed by atoms with Crippen molar-refractivity contribution >= 4 is 0 Å². The van der Waals surface area contributed by atoms with E-state index in [0.29, 0.717) is 24.5 Å². The predicted molar refractivity (Wildman–Crippen MR) is 94.7 cm³/mol. The number of hydrazine groups is 1. The van der Waals surface area contributed by atoms with E-state index in [-0.39, 0.29) is 24.4 Å². The van der Waals surface area contributed by atoms with Crippen LogP contribution in [0.2, 0.25) is 0 Å². The van der Waals surface area contributed by atoms with E-state index in [9.17, 15) is 8.78 Å². The van der Waals surface area contributed by atoms with Crippen molar-refractivity contribution in [3.63, 3.8) is 0 Å². The number of fused-ring (bicyclic) bond motifs is 3. The summed E-state index contributed by atoms with van der Waals surface area (Å²) >= 11 is 0. The maximum atomic E-state index is 14.2. The SMILES string of the molecule is Cc1cc(CN2C[C@H]3[C@@H](N2)OCc2c(-c4ccc(F)cc4F)nnn23)c(C)o1. The fourth-order valence-corrected chi connectivity index (χ4v) is 3.92. The fourth-order valence-electron chi connectivity index (χ4n) is 3.92. The fraction of sp³-hybridized carbons (Fsp3) is 0.368. The van der Waals surface area contributed by atoms with Crippen molar-refractivity contribution in [1.82, 2.24) is 25.4 Å². The van der Waals surface area contributed by atoms with Crippen LogP contribution in [0.15, 0.2) is 28.7 Å². The topological polar surface area (TPSA) is 68.3 Å². The van der Waals surface area contributed by atoms with Crippen LogP contribution in [-0.2, 0) is 17.9 Å². The molecule has 2 aliphatic rings. The van der Waals surface area contributed by atoms with Crippen molar-refractivity contribution in [2.75, 3.05) is 6.54 Å². The van der Waals surface area contributed by atoms with E-state index in [0.717, 1.165) is 23.2 Å². The van der Waals surface area contributed by atoms with E-state index >= 15 is 0 Å². The van der Waals surface area contributed by atoms with Crippen molar-refractivity contribution in [3.05, 3.63) is 58.7 Å². The number of hydrogen-bond donors (Lipinski definition) is 1. The summed E-state index contributed by atoms with van der Waals surface area (Å²) in [4.78, 5) is 0. The quantitative estimate of drug-likeness (QED) is 0.746. The average molecular weight is 387 g/mol. The second-order valence-corrected chi connectivity index (χ2v) is 7.20. The lowest BCUT2D eigenvalue weighted by Crippen LogP contribution is -2.39. The number of rotatable bonds is 3. The zero-order valence-electron chi connectivity index (χ0n) is 15.4. The second-order valence-electron chi connectivity index (χ2n) is 7.20. The molecule has 28 heavy (non-hydrogen) atoms. The molecule has 0 aliphatic carbocycles. The summed E-state index contributed by atoms with van der Waals surface area (Å²) in [6.07, 6.45) is -0.242. The Bertz CT molecular complexity index is 1050. The standard InChI is InChI=1S/C19H19F2N5O2/c1-10-5-12(11(2)28-10)7-25-8-16-19(23-25)27-9-17-18(22-24-26(16)17)14-4-3-13(20)6-15(14)21/h3-6,16,19,23H,7-9H2,1-2H3/t16-,19-/m0/s1. The Hall–Kier alpha value is -2.62. The average Bonchev–Trinajstić information content (AvgIpc) is 3.31. The maximum absolute atomic E-state index is 14.2. The highest BCUT2D eigenvalue weighted by Crippen LogP contribution is 2.34. The van der Waals surface area contributed by atoms with E-state index in [1.165, 1.54) is 12.1 Å². The third kappa shape index (κ3) is 2.83. The van der Waals surface area contributed by atoms with Gasteiger partial charge in [-0.1, -0.05) is 5.21 Å². The van der Waals surface area contributed by atoms with Crippen LogP contribution >= 0.6 is 0 Å². The van der Waals surface area contributed by atoms with Crippen LogP contribution in [0, 0.1) is 25.5 Å². The molecule has 0 bridgehead atoms. The Balaban J connectivity index is 1.41. The Kier molecular flexibility index (Phi) is 4.04. The molecular formula is C19H19F2N5O2. The molecule has 3 aromatic rings. The molecule has 0 radical (unpaired) electrons. The van der Waals surface area contributed by atoms with Crippen molar-refractivity contribution in [2.24, 2.45) is 0 Å². The smallest absolute Gasteiger partial charge is 0.145 e. The molecule has 1 fully saturated rings. The van der Waals surface area contributed by atoms with Gasteiger partial charge in [-0.25, -0.2) is 23.9 Å². The molecule has 0 unspecified atom stereocenters. The van der Waals surface area contributed by atoms with Gasteiger partial charge >= 0.3 is 0 Å². The second kappa shape index (κ2) is 6.47. The summed E-state index contributed by atoms with van der Waals surface area (Å²) < 4.78 is 40.8. The highest BCUT2D eigenvalue weighted by Gasteiger charge is 2.41. The zero-order valence-corrected chi connectivity index (χ0v) is 15.4. The minimum absolute atomic E-state index is 0.0955. The van der Waals surface area contributed by atoms with Gasteiger partial charge in [-0.3, -0.25) is 0 Å². The molecule has 0 spiro atoms. The molecule has 5 rings (SSSR count). The van der Waals surface area contributed by atoms with Crippen LogP contribution in [-0.4, -0.2) is 32.8 Å². The molecule has 4 heterocycles. The van der Waals surface area contributed by atoms with E-state index < -0.39 is 11.6 Å². The number of ether oxygens (including phenoxy) is 1. The van der Waals surface area contributed by atoms with Crippen molar-refractivity contribution in [1.29, 1.82) is 0 Å². The third-order valence-corrected chi connectivity index (χ3v) is 5.26. The van der Waals surface area contributed by atoms with Crippen LogP contribution in [0.25, 0.3) is 11.3 Å². The minimum atomic E-state index is -0.664. The Morgan fingerprint density at radius 1 is 1.25 bits per heavy atom. The molecule has 2 atom stereocenters. The van der Waals surface area contributed by atoms with Gasteiger partial charge in [0.2, 0.25) is 0 Å². The molecule has 2 aromatic heterocycles. The van der Waals surface area contributed by atoms with Crippen molar-refractivity contribution in [2.45, 2.75) is 39.3 Å². The van der Waals surface area contributed by atoms with Crippen LogP contribution in [0.1, 0.15) is 28.8 Å². The molecule has 146 valence electrons. The minimum Gasteiger partial charge on any atom is -0.466 e. The first-order chi connectivity index (χ1) is 13.5. The summed E-state index contributed by atoms with van der Waals surface area (Å²) in [6, 6.07) is 5.37. The van der Waals surface area contributed by atoms with E-state index in [4.69, 9.17) is 9.15 Å². The number of hydrogen-bond acceptors (Lipinski definition) is 6. The van der Waals surface area contributed by atoms with Gasteiger partial charge in [0.05, 0.1) is 12.3 Å². The highest BCUT2D eigenvalue weighted by atomic mass is 19.1. The largest absolute Gasteiger partial charge is 0.466 e. The van der Waals surface area contributed by atoms with E-state index in [1.807, 2.05) is 19.9 Å². The summed E-state index contributed by atoms with van der Waals surface area (Å²) in [6.45, 7) is 5.43. The van der Waals surface area contributed by atoms with E-state index in [2.05, 4.69) is 20.7 Å². The number of halogens is 2. The molecule has 0 saturated carbocycles. The van der Waals surface area contributed by atoms with Crippen LogP contribution < -0.4 is 5.43 Å². The lowest BCUT2D eigenvalue weighted by Gasteiger charge is -2.26. The van der Waals surface area contributed by atoms with Gasteiger partial charge in [-0.05, 0) is 32.0 Å². The lowest BCUT2D eigenvalue weighted by atomic mass is 10.1. The summed E-state index contributed by atoms with van der Waals surface area (Å²) in [7, 11) is 0. The zero-order chi connectivity index (χ0) is 19.4. The Labute approximate surface area is 159 Å². The molecule has 2 aliphatic heterocycles. The first-order valence-electron chi connectivity index (χ1n) is 9.07.